The van der Waals surface area contributed by atoms with Crippen molar-refractivity contribution in [3.05, 3.63) is 64.8 Å². The van der Waals surface area contributed by atoms with Crippen LogP contribution in [0.5, 0.6) is 0 Å². The standard InChI is InChI=1S/C25H26ClN/c1-24(2,3)21-18-11-9-15-8-7-13-27-23(15)20(18)22(25(4,5)6)17-12-10-16(26)14-19(17)21/h7-14H,1-6H3. The van der Waals surface area contributed by atoms with Gasteiger partial charge in [0.2, 0.25) is 0 Å². The molecule has 0 amide bonds. The lowest BCUT2D eigenvalue weighted by atomic mass is 9.73. The van der Waals surface area contributed by atoms with Crippen molar-refractivity contribution in [2.24, 2.45) is 0 Å². The Morgan fingerprint density at radius 3 is 2.07 bits per heavy atom. The van der Waals surface area contributed by atoms with Crippen molar-refractivity contribution in [1.82, 2.24) is 4.98 Å². The summed E-state index contributed by atoms with van der Waals surface area (Å²) in [4.78, 5) is 4.80. The van der Waals surface area contributed by atoms with Crippen LogP contribution in [0.3, 0.4) is 0 Å². The SMILES string of the molecule is CC(C)(C)c1c2cc(Cl)ccc2c(C(C)(C)C)c2c1ccc1cccnc12. The van der Waals surface area contributed by atoms with Gasteiger partial charge in [0.15, 0.2) is 0 Å². The number of rotatable bonds is 0. The molecule has 0 bridgehead atoms. The molecule has 138 valence electrons. The zero-order valence-electron chi connectivity index (χ0n) is 16.9. The third-order valence-electron chi connectivity index (χ3n) is 5.31. The zero-order valence-corrected chi connectivity index (χ0v) is 17.7. The summed E-state index contributed by atoms with van der Waals surface area (Å²) in [5.41, 5.74) is 3.74. The third-order valence-corrected chi connectivity index (χ3v) is 5.55. The van der Waals surface area contributed by atoms with E-state index in [1.165, 1.54) is 38.1 Å². The molecule has 0 aliphatic carbocycles. The second-order valence-corrected chi connectivity index (χ2v) is 9.94. The maximum atomic E-state index is 6.44. The molecule has 0 N–H and O–H groups in total. The maximum absolute atomic E-state index is 6.44. The molecule has 0 saturated heterocycles. The number of hydrogen-bond acceptors (Lipinski definition) is 1. The number of fused-ring (bicyclic) bond motifs is 4. The number of nitrogens with zero attached hydrogens (tertiary/aromatic N) is 1. The van der Waals surface area contributed by atoms with Gasteiger partial charge in [-0.05, 0) is 56.3 Å². The third kappa shape index (κ3) is 2.89. The lowest BCUT2D eigenvalue weighted by Gasteiger charge is -2.30. The monoisotopic (exact) mass is 375 g/mol. The minimum absolute atomic E-state index is 0.0138. The second kappa shape index (κ2) is 5.94. The first-order valence-electron chi connectivity index (χ1n) is 9.52. The Labute approximate surface area is 166 Å². The van der Waals surface area contributed by atoms with Crippen LogP contribution in [0.15, 0.2) is 48.7 Å². The number of halogens is 1. The Hall–Kier alpha value is -2.12. The number of aromatic nitrogens is 1. The van der Waals surface area contributed by atoms with E-state index in [-0.39, 0.29) is 10.8 Å². The normalized spacial score (nSPS) is 13.0. The van der Waals surface area contributed by atoms with E-state index in [1.54, 1.807) is 0 Å². The predicted octanol–water partition coefficient (Wildman–Crippen LogP) is 7.79. The molecule has 0 saturated carbocycles. The lowest BCUT2D eigenvalue weighted by molar-refractivity contribution is 0.593. The molecule has 0 unspecified atom stereocenters. The van der Waals surface area contributed by atoms with Gasteiger partial charge >= 0.3 is 0 Å². The van der Waals surface area contributed by atoms with E-state index in [0.717, 1.165) is 10.5 Å². The van der Waals surface area contributed by atoms with Crippen molar-refractivity contribution in [3.63, 3.8) is 0 Å². The summed E-state index contributed by atoms with van der Waals surface area (Å²) in [6, 6.07) is 15.0. The lowest BCUT2D eigenvalue weighted by Crippen LogP contribution is -2.18. The summed E-state index contributed by atoms with van der Waals surface area (Å²) >= 11 is 6.44. The summed E-state index contributed by atoms with van der Waals surface area (Å²) in [6.07, 6.45) is 1.90. The van der Waals surface area contributed by atoms with E-state index in [9.17, 15) is 0 Å². The quantitative estimate of drug-likeness (QED) is 0.226. The van der Waals surface area contributed by atoms with Gasteiger partial charge in [-0.2, -0.15) is 0 Å². The van der Waals surface area contributed by atoms with Crippen molar-refractivity contribution in [2.75, 3.05) is 0 Å². The average Bonchev–Trinajstić information content (AvgIpc) is 2.57. The zero-order chi connectivity index (χ0) is 19.6. The first kappa shape index (κ1) is 18.3. The molecule has 0 atom stereocenters. The van der Waals surface area contributed by atoms with Gasteiger partial charge < -0.3 is 0 Å². The van der Waals surface area contributed by atoms with E-state index in [4.69, 9.17) is 16.6 Å². The minimum Gasteiger partial charge on any atom is -0.256 e. The predicted molar refractivity (Wildman–Crippen MR) is 119 cm³/mol. The molecule has 0 aliphatic heterocycles. The molecule has 0 spiro atoms. The van der Waals surface area contributed by atoms with Crippen molar-refractivity contribution in [3.8, 4) is 0 Å². The fourth-order valence-electron chi connectivity index (χ4n) is 4.41. The second-order valence-electron chi connectivity index (χ2n) is 9.50. The number of benzene rings is 3. The van der Waals surface area contributed by atoms with Crippen LogP contribution in [0.4, 0.5) is 0 Å². The van der Waals surface area contributed by atoms with Crippen LogP contribution >= 0.6 is 11.6 Å². The van der Waals surface area contributed by atoms with Gasteiger partial charge in [-0.25, -0.2) is 0 Å². The fourth-order valence-corrected chi connectivity index (χ4v) is 4.59. The molecule has 1 nitrogen and oxygen atoms in total. The number of hydrogen-bond donors (Lipinski definition) is 0. The highest BCUT2D eigenvalue weighted by atomic mass is 35.5. The van der Waals surface area contributed by atoms with Crippen LogP contribution in [-0.2, 0) is 10.8 Å². The molecule has 4 aromatic rings. The van der Waals surface area contributed by atoms with Gasteiger partial charge in [-0.1, -0.05) is 77.4 Å². The molecule has 3 aromatic carbocycles. The Bertz CT molecular complexity index is 1190. The highest BCUT2D eigenvalue weighted by Gasteiger charge is 2.28. The first-order valence-corrected chi connectivity index (χ1v) is 9.90. The van der Waals surface area contributed by atoms with Gasteiger partial charge in [-0.3, -0.25) is 4.98 Å². The summed E-state index contributed by atoms with van der Waals surface area (Å²) in [5, 5.41) is 7.06. The van der Waals surface area contributed by atoms with Gasteiger partial charge in [0.05, 0.1) is 5.52 Å². The largest absolute Gasteiger partial charge is 0.256 e. The summed E-state index contributed by atoms with van der Waals surface area (Å²) in [5.74, 6) is 0. The molecular formula is C25H26ClN. The van der Waals surface area contributed by atoms with E-state index in [2.05, 4.69) is 71.9 Å². The Morgan fingerprint density at radius 2 is 1.41 bits per heavy atom. The molecule has 4 rings (SSSR count). The van der Waals surface area contributed by atoms with E-state index in [0.29, 0.717) is 0 Å². The van der Waals surface area contributed by atoms with Crippen LogP contribution in [0.1, 0.15) is 52.7 Å². The highest BCUT2D eigenvalue weighted by molar-refractivity contribution is 6.31. The van der Waals surface area contributed by atoms with E-state index >= 15 is 0 Å². The number of pyridine rings is 1. The maximum Gasteiger partial charge on any atom is 0.0783 e. The topological polar surface area (TPSA) is 12.9 Å². The van der Waals surface area contributed by atoms with Crippen LogP contribution in [-0.4, -0.2) is 4.98 Å². The van der Waals surface area contributed by atoms with Gasteiger partial charge in [0.1, 0.15) is 0 Å². The van der Waals surface area contributed by atoms with Crippen LogP contribution in [0.25, 0.3) is 32.4 Å². The molecule has 2 heteroatoms. The molecular weight excluding hydrogens is 350 g/mol. The van der Waals surface area contributed by atoms with Gasteiger partial charge in [-0.15, -0.1) is 0 Å². The van der Waals surface area contributed by atoms with Gasteiger partial charge in [0, 0.05) is 22.0 Å². The first-order chi connectivity index (χ1) is 12.6. The van der Waals surface area contributed by atoms with Crippen LogP contribution in [0.2, 0.25) is 5.02 Å². The Kier molecular flexibility index (Phi) is 4.01. The molecule has 1 aromatic heterocycles. The summed E-state index contributed by atoms with van der Waals surface area (Å²) < 4.78 is 0. The van der Waals surface area contributed by atoms with Crippen molar-refractivity contribution in [1.29, 1.82) is 0 Å². The van der Waals surface area contributed by atoms with Crippen LogP contribution < -0.4 is 0 Å². The van der Waals surface area contributed by atoms with E-state index < -0.39 is 0 Å². The molecule has 1 heterocycles. The molecule has 0 fully saturated rings. The van der Waals surface area contributed by atoms with Crippen LogP contribution in [0, 0.1) is 0 Å². The van der Waals surface area contributed by atoms with Crippen molar-refractivity contribution in [2.45, 2.75) is 52.4 Å². The van der Waals surface area contributed by atoms with E-state index in [1.807, 2.05) is 18.3 Å². The molecule has 0 aliphatic rings. The van der Waals surface area contributed by atoms with Crippen molar-refractivity contribution >= 4 is 44.0 Å². The Morgan fingerprint density at radius 1 is 0.741 bits per heavy atom. The average molecular weight is 376 g/mol. The fraction of sp³-hybridized carbons (Fsp3) is 0.320. The van der Waals surface area contributed by atoms with Gasteiger partial charge in [0.25, 0.3) is 0 Å². The van der Waals surface area contributed by atoms with Crippen molar-refractivity contribution < 1.29 is 0 Å². The molecule has 0 radical (unpaired) electrons. The molecule has 27 heavy (non-hydrogen) atoms. The summed E-state index contributed by atoms with van der Waals surface area (Å²) in [7, 11) is 0. The summed E-state index contributed by atoms with van der Waals surface area (Å²) in [6.45, 7) is 13.7. The smallest absolute Gasteiger partial charge is 0.0783 e. The minimum atomic E-state index is -0.0213. The highest BCUT2D eigenvalue weighted by Crippen LogP contribution is 2.45. The Balaban J connectivity index is 2.43.